The normalized spacial score (nSPS) is 10.1. The molecule has 0 spiro atoms. The molecule has 0 saturated heterocycles. The van der Waals surface area contributed by atoms with Crippen LogP contribution < -0.4 is 5.32 Å². The molecule has 2 amide bonds. The molecule has 0 saturated carbocycles. The van der Waals surface area contributed by atoms with Crippen LogP contribution in [0.5, 0.6) is 0 Å². The van der Waals surface area contributed by atoms with Gasteiger partial charge in [0.1, 0.15) is 6.54 Å². The van der Waals surface area contributed by atoms with Crippen molar-refractivity contribution in [2.45, 2.75) is 19.8 Å². The molecule has 0 radical (unpaired) electrons. The smallest absolute Gasteiger partial charge is 0.323 e. The molecule has 0 aliphatic carbocycles. The number of carboxylic acids is 1. The average molecular weight is 371 g/mol. The van der Waals surface area contributed by atoms with Gasteiger partial charge < -0.3 is 15.3 Å². The van der Waals surface area contributed by atoms with Crippen LogP contribution in [0.15, 0.2) is 28.7 Å². The van der Waals surface area contributed by atoms with Crippen LogP contribution in [-0.2, 0) is 9.59 Å². The second kappa shape index (κ2) is 9.19. The number of nitrogens with zero attached hydrogens (tertiary/aromatic N) is 1. The first-order valence-corrected chi connectivity index (χ1v) is 7.76. The maximum atomic E-state index is 11.9. The van der Waals surface area contributed by atoms with E-state index in [1.807, 2.05) is 6.92 Å². The zero-order chi connectivity index (χ0) is 16.5. The summed E-state index contributed by atoms with van der Waals surface area (Å²) in [4.78, 5) is 35.8. The van der Waals surface area contributed by atoms with Crippen molar-refractivity contribution in [2.75, 3.05) is 19.6 Å². The first-order valence-electron chi connectivity index (χ1n) is 6.97. The Morgan fingerprint density at radius 3 is 2.41 bits per heavy atom. The van der Waals surface area contributed by atoms with Gasteiger partial charge in [0.05, 0.1) is 0 Å². The summed E-state index contributed by atoms with van der Waals surface area (Å²) in [5.74, 6) is -1.58. The van der Waals surface area contributed by atoms with Crippen molar-refractivity contribution in [1.82, 2.24) is 10.2 Å². The molecule has 22 heavy (non-hydrogen) atoms. The maximum Gasteiger partial charge on any atom is 0.323 e. The monoisotopic (exact) mass is 370 g/mol. The van der Waals surface area contributed by atoms with Gasteiger partial charge >= 0.3 is 5.97 Å². The molecule has 1 aromatic carbocycles. The molecule has 6 nitrogen and oxygen atoms in total. The fourth-order valence-corrected chi connectivity index (χ4v) is 2.13. The molecule has 0 aliphatic heterocycles. The van der Waals surface area contributed by atoms with Gasteiger partial charge in [0, 0.05) is 29.5 Å². The molecular formula is C15H19BrN2O4. The standard InChI is InChI=1S/C15H19BrN2O4/c1-2-9-18(10-14(20)21)13(19)7-8-17-15(22)11-3-5-12(16)6-4-11/h3-6H,2,7-10H2,1H3,(H,17,22)(H,20,21). The highest BCUT2D eigenvalue weighted by Crippen LogP contribution is 2.10. The molecule has 120 valence electrons. The number of aliphatic carboxylic acids is 1. The van der Waals surface area contributed by atoms with Crippen LogP contribution in [0.1, 0.15) is 30.1 Å². The van der Waals surface area contributed by atoms with Gasteiger partial charge in [-0.15, -0.1) is 0 Å². The molecule has 0 fully saturated rings. The summed E-state index contributed by atoms with van der Waals surface area (Å²) in [6.45, 7) is 2.13. The predicted octanol–water partition coefficient (Wildman–Crippen LogP) is 1.89. The predicted molar refractivity (Wildman–Crippen MR) is 85.6 cm³/mol. The van der Waals surface area contributed by atoms with E-state index in [0.717, 1.165) is 4.47 Å². The van der Waals surface area contributed by atoms with Crippen LogP contribution in [-0.4, -0.2) is 47.4 Å². The molecule has 1 aromatic rings. The van der Waals surface area contributed by atoms with Gasteiger partial charge in [-0.25, -0.2) is 0 Å². The highest BCUT2D eigenvalue weighted by atomic mass is 79.9. The number of carbonyl (C=O) groups excluding carboxylic acids is 2. The van der Waals surface area contributed by atoms with E-state index >= 15 is 0 Å². The molecular weight excluding hydrogens is 352 g/mol. The van der Waals surface area contributed by atoms with E-state index < -0.39 is 5.97 Å². The number of nitrogens with one attached hydrogen (secondary N) is 1. The summed E-state index contributed by atoms with van der Waals surface area (Å²) in [6.07, 6.45) is 0.764. The number of halogens is 1. The van der Waals surface area contributed by atoms with Crippen molar-refractivity contribution >= 4 is 33.7 Å². The summed E-state index contributed by atoms with van der Waals surface area (Å²) in [5, 5.41) is 11.4. The minimum atomic E-state index is -1.04. The van der Waals surface area contributed by atoms with E-state index in [1.165, 1.54) is 4.90 Å². The Balaban J connectivity index is 2.44. The molecule has 0 aromatic heterocycles. The number of hydrogen-bond donors (Lipinski definition) is 2. The van der Waals surface area contributed by atoms with Gasteiger partial charge in [-0.2, -0.15) is 0 Å². The zero-order valence-corrected chi connectivity index (χ0v) is 13.9. The second-order valence-electron chi connectivity index (χ2n) is 4.72. The van der Waals surface area contributed by atoms with E-state index in [0.29, 0.717) is 18.5 Å². The van der Waals surface area contributed by atoms with Gasteiger partial charge in [-0.3, -0.25) is 14.4 Å². The number of carboxylic acid groups (broad SMARTS) is 1. The second-order valence-corrected chi connectivity index (χ2v) is 5.64. The van der Waals surface area contributed by atoms with Crippen LogP contribution >= 0.6 is 15.9 Å². The molecule has 1 rings (SSSR count). The van der Waals surface area contributed by atoms with Crippen molar-refractivity contribution in [3.05, 3.63) is 34.3 Å². The third-order valence-electron chi connectivity index (χ3n) is 2.90. The summed E-state index contributed by atoms with van der Waals surface area (Å²) in [7, 11) is 0. The Hall–Kier alpha value is -1.89. The van der Waals surface area contributed by atoms with Crippen molar-refractivity contribution in [1.29, 1.82) is 0 Å². The Bertz CT molecular complexity index is 531. The lowest BCUT2D eigenvalue weighted by Gasteiger charge is -2.19. The van der Waals surface area contributed by atoms with Crippen LogP contribution in [0.4, 0.5) is 0 Å². The topological polar surface area (TPSA) is 86.7 Å². The summed E-state index contributed by atoms with van der Waals surface area (Å²) < 4.78 is 0.878. The third kappa shape index (κ3) is 6.26. The summed E-state index contributed by atoms with van der Waals surface area (Å²) >= 11 is 3.29. The lowest BCUT2D eigenvalue weighted by atomic mass is 10.2. The van der Waals surface area contributed by atoms with Crippen LogP contribution in [0.25, 0.3) is 0 Å². The Morgan fingerprint density at radius 1 is 1.23 bits per heavy atom. The lowest BCUT2D eigenvalue weighted by molar-refractivity contribution is -0.144. The first kappa shape index (κ1) is 18.2. The summed E-state index contributed by atoms with van der Waals surface area (Å²) in [5.41, 5.74) is 0.506. The maximum absolute atomic E-state index is 11.9. The van der Waals surface area contributed by atoms with Crippen molar-refractivity contribution < 1.29 is 19.5 Å². The number of rotatable bonds is 8. The van der Waals surface area contributed by atoms with Crippen molar-refractivity contribution in [2.24, 2.45) is 0 Å². The van der Waals surface area contributed by atoms with E-state index in [4.69, 9.17) is 5.11 Å². The molecule has 0 heterocycles. The lowest BCUT2D eigenvalue weighted by Crippen LogP contribution is -2.38. The third-order valence-corrected chi connectivity index (χ3v) is 3.43. The van der Waals surface area contributed by atoms with E-state index in [2.05, 4.69) is 21.2 Å². The zero-order valence-electron chi connectivity index (χ0n) is 12.3. The van der Waals surface area contributed by atoms with Crippen LogP contribution in [0.2, 0.25) is 0 Å². The number of carbonyl (C=O) groups is 3. The quantitative estimate of drug-likeness (QED) is 0.731. The number of hydrogen-bond acceptors (Lipinski definition) is 3. The van der Waals surface area contributed by atoms with Gasteiger partial charge in [-0.05, 0) is 30.7 Å². The Labute approximate surface area is 137 Å². The number of amides is 2. The molecule has 0 bridgehead atoms. The van der Waals surface area contributed by atoms with E-state index in [1.54, 1.807) is 24.3 Å². The molecule has 0 aliphatic rings. The van der Waals surface area contributed by atoms with Gasteiger partial charge in [0.2, 0.25) is 5.91 Å². The van der Waals surface area contributed by atoms with Gasteiger partial charge in [0.25, 0.3) is 5.91 Å². The first-order chi connectivity index (χ1) is 10.4. The minimum Gasteiger partial charge on any atom is -0.480 e. The van der Waals surface area contributed by atoms with Gasteiger partial charge in [-0.1, -0.05) is 22.9 Å². The van der Waals surface area contributed by atoms with Crippen molar-refractivity contribution in [3.8, 4) is 0 Å². The van der Waals surface area contributed by atoms with Crippen LogP contribution in [0, 0.1) is 0 Å². The fraction of sp³-hybridized carbons (Fsp3) is 0.400. The van der Waals surface area contributed by atoms with Crippen LogP contribution in [0.3, 0.4) is 0 Å². The largest absolute Gasteiger partial charge is 0.480 e. The molecule has 2 N–H and O–H groups in total. The average Bonchev–Trinajstić information content (AvgIpc) is 2.46. The Morgan fingerprint density at radius 2 is 1.86 bits per heavy atom. The fourth-order valence-electron chi connectivity index (χ4n) is 1.87. The Kier molecular flexibility index (Phi) is 7.59. The van der Waals surface area contributed by atoms with E-state index in [-0.39, 0.29) is 31.3 Å². The van der Waals surface area contributed by atoms with Gasteiger partial charge in [0.15, 0.2) is 0 Å². The number of benzene rings is 1. The minimum absolute atomic E-state index is 0.0789. The molecule has 7 heteroatoms. The molecule has 0 unspecified atom stereocenters. The van der Waals surface area contributed by atoms with E-state index in [9.17, 15) is 14.4 Å². The molecule has 0 atom stereocenters. The highest BCUT2D eigenvalue weighted by Gasteiger charge is 2.15. The van der Waals surface area contributed by atoms with Crippen molar-refractivity contribution in [3.63, 3.8) is 0 Å². The summed E-state index contributed by atoms with van der Waals surface area (Å²) in [6, 6.07) is 6.87. The highest BCUT2D eigenvalue weighted by molar-refractivity contribution is 9.10. The SMILES string of the molecule is CCCN(CC(=O)O)C(=O)CCNC(=O)c1ccc(Br)cc1.